The number of fused-ring (bicyclic) bond motifs is 1. The quantitative estimate of drug-likeness (QED) is 0.825. The number of aromatic nitrogens is 1. The lowest BCUT2D eigenvalue weighted by Gasteiger charge is -2.24. The monoisotopic (exact) mass is 282 g/mol. The van der Waals surface area contributed by atoms with E-state index < -0.39 is 5.95 Å². The lowest BCUT2D eigenvalue weighted by molar-refractivity contribution is 0.582. The molecule has 94 valence electrons. The van der Waals surface area contributed by atoms with E-state index in [1.165, 1.54) is 22.7 Å². The van der Waals surface area contributed by atoms with Crippen LogP contribution < -0.4 is 5.32 Å². The Morgan fingerprint density at radius 2 is 2.33 bits per heavy atom. The Kier molecular flexibility index (Phi) is 3.22. The van der Waals surface area contributed by atoms with Gasteiger partial charge < -0.3 is 5.32 Å². The van der Waals surface area contributed by atoms with Crippen LogP contribution in [0.25, 0.3) is 0 Å². The summed E-state index contributed by atoms with van der Waals surface area (Å²) in [5, 5.41) is 3.40. The Morgan fingerprint density at radius 3 is 3.11 bits per heavy atom. The second-order valence-corrected chi connectivity index (χ2v) is 6.16. The van der Waals surface area contributed by atoms with Gasteiger partial charge in [-0.3, -0.25) is 0 Å². The Labute approximate surface area is 114 Å². The van der Waals surface area contributed by atoms with E-state index >= 15 is 0 Å². The van der Waals surface area contributed by atoms with Gasteiger partial charge in [0.05, 0.1) is 22.3 Å². The van der Waals surface area contributed by atoms with Crippen LogP contribution in [0.1, 0.15) is 29.3 Å². The molecule has 1 aliphatic carbocycles. The van der Waals surface area contributed by atoms with Crippen LogP contribution >= 0.6 is 22.9 Å². The molecule has 2 heterocycles. The summed E-state index contributed by atoms with van der Waals surface area (Å²) in [6.07, 6.45) is 4.84. The number of anilines is 1. The number of aryl methyl sites for hydroxylation is 1. The van der Waals surface area contributed by atoms with Gasteiger partial charge in [-0.2, -0.15) is 4.39 Å². The molecule has 0 spiro atoms. The lowest BCUT2D eigenvalue weighted by Crippen LogP contribution is -2.15. The molecule has 2 aromatic heterocycles. The van der Waals surface area contributed by atoms with Gasteiger partial charge in [0.15, 0.2) is 0 Å². The fraction of sp³-hybridized carbons (Fsp3) is 0.308. The molecule has 1 atom stereocenters. The van der Waals surface area contributed by atoms with Gasteiger partial charge in [0.25, 0.3) is 0 Å². The summed E-state index contributed by atoms with van der Waals surface area (Å²) in [5.41, 5.74) is 2.12. The minimum atomic E-state index is -0.455. The van der Waals surface area contributed by atoms with Crippen molar-refractivity contribution in [3.05, 3.63) is 45.1 Å². The number of hydrogen-bond donors (Lipinski definition) is 1. The number of hydrogen-bond acceptors (Lipinski definition) is 3. The Morgan fingerprint density at radius 1 is 1.44 bits per heavy atom. The van der Waals surface area contributed by atoms with E-state index in [1.807, 2.05) is 6.07 Å². The second kappa shape index (κ2) is 4.86. The average molecular weight is 283 g/mol. The molecule has 2 aromatic rings. The molecule has 0 radical (unpaired) electrons. The normalized spacial score (nSPS) is 18.4. The van der Waals surface area contributed by atoms with Crippen molar-refractivity contribution in [3.63, 3.8) is 0 Å². The second-order valence-electron chi connectivity index (χ2n) is 4.39. The highest BCUT2D eigenvalue weighted by atomic mass is 35.5. The molecule has 1 aliphatic rings. The Hall–Kier alpha value is -1.13. The first kappa shape index (κ1) is 11.9. The summed E-state index contributed by atoms with van der Waals surface area (Å²) < 4.78 is 13.6. The van der Waals surface area contributed by atoms with E-state index in [0.717, 1.165) is 29.3 Å². The van der Waals surface area contributed by atoms with E-state index in [4.69, 9.17) is 11.6 Å². The topological polar surface area (TPSA) is 24.9 Å². The average Bonchev–Trinajstić information content (AvgIpc) is 2.73. The number of nitrogens with one attached hydrogen (secondary N) is 1. The fourth-order valence-corrected chi connectivity index (χ4v) is 3.72. The van der Waals surface area contributed by atoms with Crippen LogP contribution in [0.3, 0.4) is 0 Å². The van der Waals surface area contributed by atoms with E-state index in [1.54, 1.807) is 17.4 Å². The predicted molar refractivity (Wildman–Crippen MR) is 72.8 cm³/mol. The molecule has 0 amide bonds. The van der Waals surface area contributed by atoms with Crippen LogP contribution in [0.5, 0.6) is 0 Å². The van der Waals surface area contributed by atoms with Crippen molar-refractivity contribution in [2.45, 2.75) is 25.3 Å². The zero-order valence-corrected chi connectivity index (χ0v) is 11.2. The highest BCUT2D eigenvalue weighted by Gasteiger charge is 2.22. The van der Waals surface area contributed by atoms with Crippen molar-refractivity contribution >= 4 is 28.6 Å². The van der Waals surface area contributed by atoms with Gasteiger partial charge in [0.1, 0.15) is 0 Å². The summed E-state index contributed by atoms with van der Waals surface area (Å²) >= 11 is 7.73. The molecular weight excluding hydrogens is 271 g/mol. The van der Waals surface area contributed by atoms with Crippen LogP contribution in [-0.4, -0.2) is 4.98 Å². The molecular formula is C13H12ClFN2S. The van der Waals surface area contributed by atoms with Crippen LogP contribution in [0.2, 0.25) is 4.34 Å². The molecule has 0 fully saturated rings. The molecule has 0 aromatic carbocycles. The van der Waals surface area contributed by atoms with Gasteiger partial charge in [-0.15, -0.1) is 11.3 Å². The third kappa shape index (κ3) is 2.35. The maximum atomic E-state index is 12.8. The minimum Gasteiger partial charge on any atom is -0.377 e. The summed E-state index contributed by atoms with van der Waals surface area (Å²) in [5.74, 6) is -0.455. The molecule has 0 bridgehead atoms. The molecule has 3 rings (SSSR count). The smallest absolute Gasteiger partial charge is 0.212 e. The molecule has 5 heteroatoms. The first-order chi connectivity index (χ1) is 8.72. The van der Waals surface area contributed by atoms with Crippen molar-refractivity contribution in [2.24, 2.45) is 0 Å². The van der Waals surface area contributed by atoms with Gasteiger partial charge in [0, 0.05) is 4.88 Å². The maximum Gasteiger partial charge on any atom is 0.212 e. The first-order valence-electron chi connectivity index (χ1n) is 5.88. The van der Waals surface area contributed by atoms with Gasteiger partial charge in [-0.1, -0.05) is 11.6 Å². The van der Waals surface area contributed by atoms with Crippen LogP contribution in [-0.2, 0) is 6.42 Å². The number of pyridine rings is 1. The van der Waals surface area contributed by atoms with Crippen molar-refractivity contribution < 1.29 is 4.39 Å². The Balaban J connectivity index is 1.83. The SMILES string of the molecule is Fc1ccc(NC2CCCc3sc(Cl)cc32)cn1. The summed E-state index contributed by atoms with van der Waals surface area (Å²) in [6, 6.07) is 5.37. The predicted octanol–water partition coefficient (Wildman–Crippen LogP) is 4.43. The lowest BCUT2D eigenvalue weighted by atomic mass is 9.94. The third-order valence-electron chi connectivity index (χ3n) is 3.15. The number of halogens is 2. The van der Waals surface area contributed by atoms with Crippen molar-refractivity contribution in [1.29, 1.82) is 0 Å². The molecule has 2 nitrogen and oxygen atoms in total. The molecule has 0 aliphatic heterocycles. The van der Waals surface area contributed by atoms with Crippen molar-refractivity contribution in [3.8, 4) is 0 Å². The zero-order valence-electron chi connectivity index (χ0n) is 9.62. The zero-order chi connectivity index (χ0) is 12.5. The van der Waals surface area contributed by atoms with E-state index in [-0.39, 0.29) is 6.04 Å². The summed E-state index contributed by atoms with van der Waals surface area (Å²) in [6.45, 7) is 0. The van der Waals surface area contributed by atoms with Gasteiger partial charge >= 0.3 is 0 Å². The van der Waals surface area contributed by atoms with Crippen LogP contribution in [0.4, 0.5) is 10.1 Å². The van der Waals surface area contributed by atoms with E-state index in [9.17, 15) is 4.39 Å². The van der Waals surface area contributed by atoms with Gasteiger partial charge in [-0.25, -0.2) is 4.98 Å². The maximum absolute atomic E-state index is 12.8. The summed E-state index contributed by atoms with van der Waals surface area (Å²) in [7, 11) is 0. The minimum absolute atomic E-state index is 0.254. The fourth-order valence-electron chi connectivity index (χ4n) is 2.33. The largest absolute Gasteiger partial charge is 0.377 e. The number of rotatable bonds is 2. The number of nitrogens with zero attached hydrogens (tertiary/aromatic N) is 1. The van der Waals surface area contributed by atoms with Gasteiger partial charge in [-0.05, 0) is 43.0 Å². The third-order valence-corrected chi connectivity index (χ3v) is 4.49. The molecule has 0 saturated carbocycles. The van der Waals surface area contributed by atoms with Crippen LogP contribution in [0, 0.1) is 5.95 Å². The highest BCUT2D eigenvalue weighted by Crippen LogP contribution is 2.39. The molecule has 1 N–H and O–H groups in total. The number of thiophene rings is 1. The molecule has 18 heavy (non-hydrogen) atoms. The van der Waals surface area contributed by atoms with E-state index in [0.29, 0.717) is 0 Å². The van der Waals surface area contributed by atoms with Crippen molar-refractivity contribution in [2.75, 3.05) is 5.32 Å². The first-order valence-corrected chi connectivity index (χ1v) is 7.08. The highest BCUT2D eigenvalue weighted by molar-refractivity contribution is 7.16. The van der Waals surface area contributed by atoms with Gasteiger partial charge in [0.2, 0.25) is 5.95 Å². The summed E-state index contributed by atoms with van der Waals surface area (Å²) in [4.78, 5) is 5.01. The molecule has 0 saturated heterocycles. The molecule has 1 unspecified atom stereocenters. The van der Waals surface area contributed by atoms with Crippen LogP contribution in [0.15, 0.2) is 24.4 Å². The Bertz CT molecular complexity index is 553. The standard InChI is InChI=1S/C13H12ClFN2S/c14-12-6-9-10(2-1-3-11(9)18-12)17-8-4-5-13(15)16-7-8/h4-7,10,17H,1-3H2. The van der Waals surface area contributed by atoms with Crippen molar-refractivity contribution in [1.82, 2.24) is 4.98 Å². The van der Waals surface area contributed by atoms with E-state index in [2.05, 4.69) is 10.3 Å².